The van der Waals surface area contributed by atoms with Crippen LogP contribution in [0.5, 0.6) is 0 Å². The van der Waals surface area contributed by atoms with Crippen LogP contribution in [0.1, 0.15) is 31.8 Å². The number of carbonyl (C=O) groups is 2. The summed E-state index contributed by atoms with van der Waals surface area (Å²) in [6.07, 6.45) is -12.1. The molecule has 0 saturated heterocycles. The van der Waals surface area contributed by atoms with Gasteiger partial charge in [0.05, 0.1) is 11.1 Å². The first-order valence-corrected chi connectivity index (χ1v) is 7.53. The number of benzene rings is 2. The molecule has 0 spiro atoms. The van der Waals surface area contributed by atoms with Crippen LogP contribution in [0.4, 0.5) is 37.7 Å². The van der Waals surface area contributed by atoms with Crippen molar-refractivity contribution < 1.29 is 46.1 Å². The summed E-state index contributed by atoms with van der Waals surface area (Å²) in [5, 5.41) is 18.0. The summed E-state index contributed by atoms with van der Waals surface area (Å²) in [5.41, 5.74) is -0.348. The van der Waals surface area contributed by atoms with E-state index < -0.39 is 63.3 Å². The second-order valence-corrected chi connectivity index (χ2v) is 6.04. The number of hydrogen-bond donors (Lipinski definition) is 4. The van der Waals surface area contributed by atoms with Crippen LogP contribution in [0.15, 0.2) is 36.4 Å². The largest absolute Gasteiger partial charge is 0.478 e. The van der Waals surface area contributed by atoms with E-state index in [0.29, 0.717) is 24.3 Å². The van der Waals surface area contributed by atoms with Gasteiger partial charge < -0.3 is 21.7 Å². The topological polar surface area (TPSA) is 127 Å². The number of hydrogen-bond acceptors (Lipinski definition) is 4. The van der Waals surface area contributed by atoms with E-state index >= 15 is 0 Å². The monoisotopic (exact) mass is 422 g/mol. The number of carboxylic acids is 2. The number of aromatic carboxylic acids is 2. The Labute approximate surface area is 158 Å². The highest BCUT2D eigenvalue weighted by Crippen LogP contribution is 2.56. The lowest BCUT2D eigenvalue weighted by Crippen LogP contribution is -2.55. The predicted molar refractivity (Wildman–Crippen MR) is 88.5 cm³/mol. The van der Waals surface area contributed by atoms with Crippen molar-refractivity contribution in [3.8, 4) is 0 Å². The lowest BCUT2D eigenvalue weighted by molar-refractivity contribution is -0.288. The minimum Gasteiger partial charge on any atom is -0.478 e. The van der Waals surface area contributed by atoms with Gasteiger partial charge in [0.15, 0.2) is 0 Å². The Balaban J connectivity index is 3.08. The molecule has 6 N–H and O–H groups in total. The van der Waals surface area contributed by atoms with E-state index in [1.165, 1.54) is 0 Å². The number of nitrogens with two attached hydrogens (primary N) is 2. The lowest BCUT2D eigenvalue weighted by atomic mass is 9.72. The molecule has 0 unspecified atom stereocenters. The molecule has 0 amide bonds. The Kier molecular flexibility index (Phi) is 5.17. The maximum atomic E-state index is 14.1. The average molecular weight is 422 g/mol. The third kappa shape index (κ3) is 3.65. The molecule has 156 valence electrons. The maximum absolute atomic E-state index is 14.1. The van der Waals surface area contributed by atoms with Crippen molar-refractivity contribution in [2.45, 2.75) is 17.8 Å². The van der Waals surface area contributed by atoms with Gasteiger partial charge in [-0.15, -0.1) is 0 Å². The van der Waals surface area contributed by atoms with Crippen molar-refractivity contribution in [2.75, 3.05) is 11.5 Å². The van der Waals surface area contributed by atoms with E-state index in [0.717, 1.165) is 0 Å². The fraction of sp³-hybridized carbons (Fsp3) is 0.176. The van der Waals surface area contributed by atoms with Gasteiger partial charge in [0, 0.05) is 11.4 Å². The molecule has 0 aromatic heterocycles. The van der Waals surface area contributed by atoms with E-state index in [1.54, 1.807) is 0 Å². The number of carboxylic acid groups (broad SMARTS) is 2. The zero-order chi connectivity index (χ0) is 22.4. The number of anilines is 2. The predicted octanol–water partition coefficient (Wildman–Crippen LogP) is 3.66. The van der Waals surface area contributed by atoms with E-state index in [1.807, 2.05) is 0 Å². The second-order valence-electron chi connectivity index (χ2n) is 6.04. The summed E-state index contributed by atoms with van der Waals surface area (Å²) in [5.74, 6) is -3.62. The molecule has 2 aromatic carbocycles. The molecule has 0 bridgehead atoms. The molecule has 0 radical (unpaired) electrons. The molecule has 0 atom stereocenters. The number of alkyl halides is 6. The Bertz CT molecular complexity index is 905. The van der Waals surface area contributed by atoms with Gasteiger partial charge in [-0.1, -0.05) is 0 Å². The molecule has 0 aliphatic carbocycles. The Morgan fingerprint density at radius 3 is 1.21 bits per heavy atom. The van der Waals surface area contributed by atoms with Gasteiger partial charge in [0.25, 0.3) is 0 Å². The molecule has 0 fully saturated rings. The number of halogens is 6. The highest BCUT2D eigenvalue weighted by molar-refractivity contribution is 5.90. The molecule has 2 aromatic rings. The fourth-order valence-corrected chi connectivity index (χ4v) is 2.97. The summed E-state index contributed by atoms with van der Waals surface area (Å²) >= 11 is 0. The van der Waals surface area contributed by atoms with Crippen molar-refractivity contribution in [1.29, 1.82) is 0 Å². The zero-order valence-corrected chi connectivity index (χ0v) is 14.1. The highest BCUT2D eigenvalue weighted by Gasteiger charge is 2.72. The van der Waals surface area contributed by atoms with Crippen molar-refractivity contribution in [2.24, 2.45) is 0 Å². The normalized spacial score (nSPS) is 12.6. The van der Waals surface area contributed by atoms with Crippen molar-refractivity contribution in [3.63, 3.8) is 0 Å². The van der Waals surface area contributed by atoms with Crippen LogP contribution in [0.2, 0.25) is 0 Å². The summed E-state index contributed by atoms with van der Waals surface area (Å²) in [7, 11) is 0. The van der Waals surface area contributed by atoms with Crippen LogP contribution in [0, 0.1) is 0 Å². The van der Waals surface area contributed by atoms with Crippen molar-refractivity contribution >= 4 is 23.3 Å². The van der Waals surface area contributed by atoms with Crippen LogP contribution in [0.25, 0.3) is 0 Å². The van der Waals surface area contributed by atoms with Gasteiger partial charge in [-0.2, -0.15) is 26.3 Å². The van der Waals surface area contributed by atoms with Crippen LogP contribution in [-0.2, 0) is 5.41 Å². The molecule has 0 aliphatic heterocycles. The first-order chi connectivity index (χ1) is 13.1. The fourth-order valence-electron chi connectivity index (χ4n) is 2.97. The summed E-state index contributed by atoms with van der Waals surface area (Å²) < 4.78 is 84.5. The smallest absolute Gasteiger partial charge is 0.411 e. The molecule has 2 rings (SSSR count). The third-order valence-electron chi connectivity index (χ3n) is 4.12. The Hall–Kier alpha value is -3.44. The van der Waals surface area contributed by atoms with E-state index in [-0.39, 0.29) is 12.1 Å². The Morgan fingerprint density at radius 1 is 0.655 bits per heavy atom. The molecule has 12 heteroatoms. The standard InChI is InChI=1S/C17H12F6N2O4/c18-16(19,20)15(17(21,22)23,9-1-7(13(26)27)3-11(24)5-9)10-2-8(14(28)29)4-12(25)6-10/h1-6H,24-25H2,(H,26,27)(H,28,29). The highest BCUT2D eigenvalue weighted by atomic mass is 19.4. The van der Waals surface area contributed by atoms with Crippen LogP contribution in [0.3, 0.4) is 0 Å². The molecular weight excluding hydrogens is 410 g/mol. The van der Waals surface area contributed by atoms with Gasteiger partial charge >= 0.3 is 24.3 Å². The van der Waals surface area contributed by atoms with Crippen LogP contribution >= 0.6 is 0 Å². The van der Waals surface area contributed by atoms with E-state index in [4.69, 9.17) is 21.7 Å². The molecule has 6 nitrogen and oxygen atoms in total. The van der Waals surface area contributed by atoms with Gasteiger partial charge in [-0.05, 0) is 47.5 Å². The van der Waals surface area contributed by atoms with Gasteiger partial charge in [-0.25, -0.2) is 9.59 Å². The van der Waals surface area contributed by atoms with Gasteiger partial charge in [0.1, 0.15) is 0 Å². The zero-order valence-electron chi connectivity index (χ0n) is 14.1. The quantitative estimate of drug-likeness (QED) is 0.440. The van der Waals surface area contributed by atoms with Crippen LogP contribution < -0.4 is 11.5 Å². The SMILES string of the molecule is Nc1cc(C(=O)O)cc(C(c2cc(N)cc(C(=O)O)c2)(C(F)(F)F)C(F)(F)F)c1. The summed E-state index contributed by atoms with van der Waals surface area (Å²) in [4.78, 5) is 22.3. The summed E-state index contributed by atoms with van der Waals surface area (Å²) in [6, 6.07) is 2.40. The lowest BCUT2D eigenvalue weighted by Gasteiger charge is -2.38. The van der Waals surface area contributed by atoms with Crippen LogP contribution in [-0.4, -0.2) is 34.5 Å². The minimum absolute atomic E-state index is 0.184. The first kappa shape index (κ1) is 21.9. The molecule has 29 heavy (non-hydrogen) atoms. The minimum atomic E-state index is -6.07. The average Bonchev–Trinajstić information content (AvgIpc) is 2.51. The third-order valence-corrected chi connectivity index (χ3v) is 4.12. The van der Waals surface area contributed by atoms with Crippen molar-refractivity contribution in [1.82, 2.24) is 0 Å². The van der Waals surface area contributed by atoms with E-state index in [2.05, 4.69) is 0 Å². The maximum Gasteiger partial charge on any atom is 0.411 e. The van der Waals surface area contributed by atoms with E-state index in [9.17, 15) is 35.9 Å². The number of rotatable bonds is 4. The molecule has 0 saturated carbocycles. The first-order valence-electron chi connectivity index (χ1n) is 7.53. The molecular formula is C17H12F6N2O4. The van der Waals surface area contributed by atoms with Crippen molar-refractivity contribution in [3.05, 3.63) is 58.7 Å². The number of nitrogen functional groups attached to an aromatic ring is 2. The Morgan fingerprint density at radius 2 is 0.966 bits per heavy atom. The van der Waals surface area contributed by atoms with Gasteiger partial charge in [-0.3, -0.25) is 0 Å². The molecule has 0 heterocycles. The second kappa shape index (κ2) is 6.87. The summed E-state index contributed by atoms with van der Waals surface area (Å²) in [6.45, 7) is 0. The van der Waals surface area contributed by atoms with Gasteiger partial charge in [0.2, 0.25) is 5.41 Å². The molecule has 0 aliphatic rings.